The van der Waals surface area contributed by atoms with Gasteiger partial charge < -0.3 is 9.64 Å². The third kappa shape index (κ3) is 7.00. The standard InChI is InChI=1S/C26H21F3N2O2S.C7H8/c27-26(28,29)19-12-10-17(11-13-19)24-30-22-23(33-24)21-9-5-4-6-18(21)16-31(25(22)32)14-15-34-20-7-2-1-3-8-20;1-7-5-3-2-4-6-7/h1-13,22-23H,14-16H2;2-6H,1H3. The molecule has 4 nitrogen and oxygen atoms in total. The Morgan fingerprint density at radius 2 is 1.51 bits per heavy atom. The number of aryl methyl sites for hydroxylation is 1. The first kappa shape index (κ1) is 28.5. The molecule has 2 heterocycles. The fourth-order valence-corrected chi connectivity index (χ4v) is 5.61. The van der Waals surface area contributed by atoms with Gasteiger partial charge in [-0.15, -0.1) is 11.8 Å². The lowest BCUT2D eigenvalue weighted by Crippen LogP contribution is -2.38. The summed E-state index contributed by atoms with van der Waals surface area (Å²) in [6, 6.07) is 31.8. The maximum atomic E-state index is 13.5. The number of ether oxygens (including phenoxy) is 1. The van der Waals surface area contributed by atoms with Crippen molar-refractivity contribution in [2.45, 2.75) is 36.7 Å². The van der Waals surface area contributed by atoms with Crippen LogP contribution in [0.3, 0.4) is 0 Å². The van der Waals surface area contributed by atoms with Gasteiger partial charge in [0.15, 0.2) is 12.1 Å². The number of carbonyl (C=O) groups excluding carboxylic acids is 1. The molecule has 2 atom stereocenters. The SMILES string of the molecule is Cc1ccccc1.O=C1C2N=C(c3ccc(C(F)(F)F)cc3)OC2c2ccccc2CN1CCSc1ccccc1. The number of hydrogen-bond acceptors (Lipinski definition) is 4. The molecule has 0 aromatic heterocycles. The molecule has 6 rings (SSSR count). The van der Waals surface area contributed by atoms with E-state index in [1.165, 1.54) is 17.7 Å². The Balaban J connectivity index is 0.000000423. The molecule has 0 spiro atoms. The van der Waals surface area contributed by atoms with Crippen LogP contribution in [0.1, 0.15) is 33.9 Å². The van der Waals surface area contributed by atoms with Gasteiger partial charge in [0.05, 0.1) is 5.56 Å². The molecule has 4 aromatic carbocycles. The number of benzene rings is 4. The number of carbonyl (C=O) groups is 1. The quantitative estimate of drug-likeness (QED) is 0.229. The van der Waals surface area contributed by atoms with Crippen LogP contribution in [0.2, 0.25) is 0 Å². The minimum Gasteiger partial charge on any atom is -0.466 e. The Kier molecular flexibility index (Phi) is 8.78. The molecule has 0 radical (unpaired) electrons. The Morgan fingerprint density at radius 3 is 2.15 bits per heavy atom. The van der Waals surface area contributed by atoms with Crippen molar-refractivity contribution in [1.82, 2.24) is 4.90 Å². The fraction of sp³-hybridized carbons (Fsp3) is 0.212. The highest BCUT2D eigenvalue weighted by molar-refractivity contribution is 7.99. The second-order valence-corrected chi connectivity index (χ2v) is 10.9. The van der Waals surface area contributed by atoms with Crippen molar-refractivity contribution in [1.29, 1.82) is 0 Å². The first-order chi connectivity index (χ1) is 19.8. The molecule has 0 aliphatic carbocycles. The van der Waals surface area contributed by atoms with Gasteiger partial charge in [-0.25, -0.2) is 4.99 Å². The van der Waals surface area contributed by atoms with Gasteiger partial charge in [-0.2, -0.15) is 13.2 Å². The van der Waals surface area contributed by atoms with Crippen molar-refractivity contribution in [3.8, 4) is 0 Å². The summed E-state index contributed by atoms with van der Waals surface area (Å²) < 4.78 is 44.9. The highest BCUT2D eigenvalue weighted by Gasteiger charge is 2.43. The van der Waals surface area contributed by atoms with E-state index in [2.05, 4.69) is 24.0 Å². The van der Waals surface area contributed by atoms with Crippen LogP contribution in [0, 0.1) is 6.92 Å². The van der Waals surface area contributed by atoms with E-state index in [1.807, 2.05) is 72.8 Å². The summed E-state index contributed by atoms with van der Waals surface area (Å²) in [5.74, 6) is 0.773. The minimum atomic E-state index is -4.42. The first-order valence-electron chi connectivity index (χ1n) is 13.3. The van der Waals surface area contributed by atoms with Gasteiger partial charge in [0.1, 0.15) is 0 Å². The first-order valence-corrected chi connectivity index (χ1v) is 14.3. The van der Waals surface area contributed by atoms with E-state index in [4.69, 9.17) is 4.74 Å². The fourth-order valence-electron chi connectivity index (χ4n) is 4.71. The zero-order valence-electron chi connectivity index (χ0n) is 22.4. The van der Waals surface area contributed by atoms with Crippen molar-refractivity contribution in [2.24, 2.45) is 4.99 Å². The predicted molar refractivity (Wildman–Crippen MR) is 156 cm³/mol. The summed E-state index contributed by atoms with van der Waals surface area (Å²) >= 11 is 1.68. The number of hydrogen-bond donors (Lipinski definition) is 0. The third-order valence-corrected chi connectivity index (χ3v) is 7.83. The maximum Gasteiger partial charge on any atom is 0.416 e. The molecule has 2 unspecified atom stereocenters. The van der Waals surface area contributed by atoms with Gasteiger partial charge in [0.2, 0.25) is 5.90 Å². The Bertz CT molecular complexity index is 1490. The Morgan fingerprint density at radius 1 is 0.878 bits per heavy atom. The van der Waals surface area contributed by atoms with Crippen LogP contribution in [0.25, 0.3) is 0 Å². The second kappa shape index (κ2) is 12.6. The summed E-state index contributed by atoms with van der Waals surface area (Å²) in [6.07, 6.45) is -5.02. The van der Waals surface area contributed by atoms with E-state index in [0.29, 0.717) is 18.7 Å². The largest absolute Gasteiger partial charge is 0.466 e. The third-order valence-electron chi connectivity index (χ3n) is 6.84. The molecule has 41 heavy (non-hydrogen) atoms. The van der Waals surface area contributed by atoms with Crippen molar-refractivity contribution >= 4 is 23.6 Å². The van der Waals surface area contributed by atoms with E-state index >= 15 is 0 Å². The van der Waals surface area contributed by atoms with Crippen LogP contribution in [0.5, 0.6) is 0 Å². The van der Waals surface area contributed by atoms with Crippen LogP contribution < -0.4 is 0 Å². The molecule has 1 amide bonds. The lowest BCUT2D eigenvalue weighted by molar-refractivity contribution is -0.137. The zero-order chi connectivity index (χ0) is 28.8. The highest BCUT2D eigenvalue weighted by atomic mass is 32.2. The minimum absolute atomic E-state index is 0.142. The number of aliphatic imine (C=N–C) groups is 1. The van der Waals surface area contributed by atoms with Crippen LogP contribution in [-0.2, 0) is 22.3 Å². The van der Waals surface area contributed by atoms with E-state index in [1.54, 1.807) is 16.7 Å². The average Bonchev–Trinajstić information content (AvgIpc) is 3.39. The predicted octanol–water partition coefficient (Wildman–Crippen LogP) is 7.72. The monoisotopic (exact) mass is 574 g/mol. The normalized spacial score (nSPS) is 17.8. The van der Waals surface area contributed by atoms with Crippen molar-refractivity contribution in [3.05, 3.63) is 137 Å². The summed E-state index contributed by atoms with van der Waals surface area (Å²) in [5, 5.41) is 0. The van der Waals surface area contributed by atoms with Crippen molar-refractivity contribution < 1.29 is 22.7 Å². The van der Waals surface area contributed by atoms with E-state index in [-0.39, 0.29) is 11.8 Å². The zero-order valence-corrected chi connectivity index (χ0v) is 23.2. The molecular formula is C33H29F3N2O2S. The van der Waals surface area contributed by atoms with Crippen LogP contribution in [0.15, 0.2) is 119 Å². The molecule has 4 aromatic rings. The highest BCUT2D eigenvalue weighted by Crippen LogP contribution is 2.38. The molecule has 0 fully saturated rings. The van der Waals surface area contributed by atoms with E-state index < -0.39 is 23.9 Å². The molecular weight excluding hydrogens is 545 g/mol. The molecule has 210 valence electrons. The number of rotatable bonds is 5. The Hall–Kier alpha value is -4.04. The topological polar surface area (TPSA) is 41.9 Å². The number of nitrogens with zero attached hydrogens (tertiary/aromatic N) is 2. The second-order valence-electron chi connectivity index (χ2n) is 9.77. The number of fused-ring (bicyclic) bond motifs is 3. The smallest absolute Gasteiger partial charge is 0.416 e. The number of thioether (sulfide) groups is 1. The Labute approximate surface area is 241 Å². The molecule has 0 bridgehead atoms. The van der Waals surface area contributed by atoms with E-state index in [9.17, 15) is 18.0 Å². The molecule has 2 aliphatic heterocycles. The molecule has 0 N–H and O–H groups in total. The molecule has 0 saturated heterocycles. The summed E-state index contributed by atoms with van der Waals surface area (Å²) in [7, 11) is 0. The van der Waals surface area contributed by atoms with Gasteiger partial charge in [-0.1, -0.05) is 78.4 Å². The van der Waals surface area contributed by atoms with Gasteiger partial charge in [-0.3, -0.25) is 4.79 Å². The lowest BCUT2D eigenvalue weighted by atomic mass is 9.99. The number of halogens is 3. The van der Waals surface area contributed by atoms with Gasteiger partial charge in [0, 0.05) is 34.9 Å². The summed E-state index contributed by atoms with van der Waals surface area (Å²) in [5.41, 5.74) is 2.86. The van der Waals surface area contributed by atoms with Gasteiger partial charge >= 0.3 is 6.18 Å². The lowest BCUT2D eigenvalue weighted by Gasteiger charge is -2.22. The van der Waals surface area contributed by atoms with Gasteiger partial charge in [-0.05, 0) is 48.9 Å². The average molecular weight is 575 g/mol. The van der Waals surface area contributed by atoms with Crippen LogP contribution in [0.4, 0.5) is 13.2 Å². The molecule has 2 aliphatic rings. The summed E-state index contributed by atoms with van der Waals surface area (Å²) in [4.78, 5) is 21.0. The molecule has 0 saturated carbocycles. The van der Waals surface area contributed by atoms with Gasteiger partial charge in [0.25, 0.3) is 5.91 Å². The molecule has 8 heteroatoms. The number of alkyl halides is 3. The van der Waals surface area contributed by atoms with Crippen molar-refractivity contribution in [2.75, 3.05) is 12.3 Å². The van der Waals surface area contributed by atoms with Crippen molar-refractivity contribution in [3.63, 3.8) is 0 Å². The number of amides is 1. The maximum absolute atomic E-state index is 13.5. The van der Waals surface area contributed by atoms with E-state index in [0.717, 1.165) is 33.9 Å². The summed E-state index contributed by atoms with van der Waals surface area (Å²) in [6.45, 7) is 3.09. The van der Waals surface area contributed by atoms with Crippen LogP contribution >= 0.6 is 11.8 Å². The van der Waals surface area contributed by atoms with Crippen LogP contribution in [-0.4, -0.2) is 35.0 Å².